The van der Waals surface area contributed by atoms with E-state index in [1.54, 1.807) is 59.4 Å². The molecular weight excluding hydrogens is 519 g/mol. The van der Waals surface area contributed by atoms with Crippen LogP contribution in [0.3, 0.4) is 0 Å². The summed E-state index contributed by atoms with van der Waals surface area (Å²) in [5.74, 6) is 2.14. The molecule has 0 aliphatic heterocycles. The molecule has 0 saturated heterocycles. The van der Waals surface area contributed by atoms with Crippen LogP contribution in [0.25, 0.3) is 22.8 Å². The second kappa shape index (κ2) is 11.0. The quantitative estimate of drug-likeness (QED) is 0.212. The van der Waals surface area contributed by atoms with Crippen molar-refractivity contribution in [1.82, 2.24) is 14.9 Å². The standard InChI is InChI=1S/C29H16Cl2N6O/c30-24-8-3-20(4-9-24)28-35-36-29(21-5-10-25(31)11-6-21)37(28)34-18-19-1-12-26(13-2-19)38-27-14-7-22(16-32)23(15-27)17-33/h1-15,18H/b34-18+. The zero-order valence-electron chi connectivity index (χ0n) is 19.6. The average molecular weight is 535 g/mol. The van der Waals surface area contributed by atoms with Gasteiger partial charge in [-0.15, -0.1) is 10.2 Å². The lowest BCUT2D eigenvalue weighted by Gasteiger charge is -2.07. The number of ether oxygens (including phenoxy) is 1. The topological polar surface area (TPSA) is 99.9 Å². The van der Waals surface area contributed by atoms with Gasteiger partial charge < -0.3 is 4.74 Å². The molecule has 0 saturated carbocycles. The van der Waals surface area contributed by atoms with Gasteiger partial charge in [0, 0.05) is 21.2 Å². The van der Waals surface area contributed by atoms with Crippen molar-refractivity contribution in [2.24, 2.45) is 5.10 Å². The highest BCUT2D eigenvalue weighted by Crippen LogP contribution is 2.27. The Morgan fingerprint density at radius 1 is 0.684 bits per heavy atom. The van der Waals surface area contributed by atoms with Crippen molar-refractivity contribution in [2.75, 3.05) is 0 Å². The first-order valence-electron chi connectivity index (χ1n) is 11.3. The molecule has 7 nitrogen and oxygen atoms in total. The average Bonchev–Trinajstić information content (AvgIpc) is 3.37. The lowest BCUT2D eigenvalue weighted by Crippen LogP contribution is -1.98. The fourth-order valence-corrected chi connectivity index (χ4v) is 3.86. The van der Waals surface area contributed by atoms with Gasteiger partial charge in [0.05, 0.1) is 17.3 Å². The fraction of sp³-hybridized carbons (Fsp3) is 0. The molecule has 0 atom stereocenters. The van der Waals surface area contributed by atoms with Gasteiger partial charge in [-0.1, -0.05) is 23.2 Å². The summed E-state index contributed by atoms with van der Waals surface area (Å²) in [7, 11) is 0. The van der Waals surface area contributed by atoms with Gasteiger partial charge in [-0.25, -0.2) is 0 Å². The maximum Gasteiger partial charge on any atom is 0.185 e. The molecule has 0 unspecified atom stereocenters. The molecule has 0 radical (unpaired) electrons. The Labute approximate surface area is 228 Å². The van der Waals surface area contributed by atoms with Crippen LogP contribution >= 0.6 is 23.2 Å². The number of nitrogens with zero attached hydrogens (tertiary/aromatic N) is 6. The number of aromatic nitrogens is 3. The first kappa shape index (κ1) is 24.7. The molecule has 0 aliphatic rings. The van der Waals surface area contributed by atoms with Crippen LogP contribution in [0, 0.1) is 22.7 Å². The Morgan fingerprint density at radius 3 is 1.74 bits per heavy atom. The molecule has 38 heavy (non-hydrogen) atoms. The molecule has 182 valence electrons. The first-order chi connectivity index (χ1) is 18.5. The third kappa shape index (κ3) is 5.40. The summed E-state index contributed by atoms with van der Waals surface area (Å²) in [5.41, 5.74) is 2.99. The molecule has 0 fully saturated rings. The largest absolute Gasteiger partial charge is 0.457 e. The van der Waals surface area contributed by atoms with Gasteiger partial charge in [-0.3, -0.25) is 0 Å². The molecule has 4 aromatic carbocycles. The van der Waals surface area contributed by atoms with Crippen LogP contribution in [0.2, 0.25) is 10.0 Å². The SMILES string of the molecule is N#Cc1ccc(Oc2ccc(/C=N/n3c(-c4ccc(Cl)cc4)nnc3-c3ccc(Cl)cc3)cc2)cc1C#N. The van der Waals surface area contributed by atoms with Crippen LogP contribution in [0.1, 0.15) is 16.7 Å². The summed E-state index contributed by atoms with van der Waals surface area (Å²) in [6.07, 6.45) is 1.70. The maximum absolute atomic E-state index is 9.23. The van der Waals surface area contributed by atoms with Crippen molar-refractivity contribution in [2.45, 2.75) is 0 Å². The lowest BCUT2D eigenvalue weighted by molar-refractivity contribution is 0.482. The van der Waals surface area contributed by atoms with Gasteiger partial charge in [-0.2, -0.15) is 20.3 Å². The summed E-state index contributed by atoms with van der Waals surface area (Å²) in [6.45, 7) is 0. The minimum Gasteiger partial charge on any atom is -0.457 e. The molecule has 0 spiro atoms. The first-order valence-corrected chi connectivity index (χ1v) is 12.0. The van der Waals surface area contributed by atoms with Gasteiger partial charge in [0.2, 0.25) is 0 Å². The molecule has 1 heterocycles. The van der Waals surface area contributed by atoms with Crippen LogP contribution in [-0.4, -0.2) is 21.1 Å². The normalized spacial score (nSPS) is 10.7. The number of hydrogen-bond acceptors (Lipinski definition) is 6. The van der Waals surface area contributed by atoms with Crippen LogP contribution in [-0.2, 0) is 0 Å². The van der Waals surface area contributed by atoms with E-state index in [4.69, 9.17) is 33.2 Å². The van der Waals surface area contributed by atoms with E-state index in [1.165, 1.54) is 6.07 Å². The summed E-state index contributed by atoms with van der Waals surface area (Å²) < 4.78 is 7.51. The van der Waals surface area contributed by atoms with E-state index in [2.05, 4.69) is 15.3 Å². The second-order valence-corrected chi connectivity index (χ2v) is 8.89. The predicted octanol–water partition coefficient (Wildman–Crippen LogP) is 7.34. The Bertz CT molecular complexity index is 1650. The monoisotopic (exact) mass is 534 g/mol. The summed E-state index contributed by atoms with van der Waals surface area (Å²) >= 11 is 12.1. The van der Waals surface area contributed by atoms with Gasteiger partial charge >= 0.3 is 0 Å². The van der Waals surface area contributed by atoms with Crippen LogP contribution in [0.5, 0.6) is 11.5 Å². The molecule has 0 bridgehead atoms. The molecule has 5 aromatic rings. The molecule has 1 aromatic heterocycles. The van der Waals surface area contributed by atoms with Gasteiger partial charge in [0.1, 0.15) is 23.6 Å². The number of hydrogen-bond donors (Lipinski definition) is 0. The van der Waals surface area contributed by atoms with Crippen LogP contribution in [0.4, 0.5) is 0 Å². The Morgan fingerprint density at radius 2 is 1.21 bits per heavy atom. The predicted molar refractivity (Wildman–Crippen MR) is 146 cm³/mol. The molecule has 0 amide bonds. The second-order valence-electron chi connectivity index (χ2n) is 8.02. The minimum atomic E-state index is 0.260. The van der Waals surface area contributed by atoms with Crippen molar-refractivity contribution in [3.05, 3.63) is 118 Å². The smallest absolute Gasteiger partial charge is 0.185 e. The van der Waals surface area contributed by atoms with Gasteiger partial charge in [0.15, 0.2) is 11.6 Å². The highest BCUT2D eigenvalue weighted by Gasteiger charge is 2.15. The summed E-state index contributed by atoms with van der Waals surface area (Å²) in [5, 5.41) is 33.0. The highest BCUT2D eigenvalue weighted by molar-refractivity contribution is 6.30. The molecule has 0 aliphatic carbocycles. The van der Waals surface area contributed by atoms with Crippen molar-refractivity contribution in [3.63, 3.8) is 0 Å². The number of nitriles is 2. The number of rotatable bonds is 6. The van der Waals surface area contributed by atoms with Crippen molar-refractivity contribution in [3.8, 4) is 46.4 Å². The van der Waals surface area contributed by atoms with Crippen molar-refractivity contribution < 1.29 is 4.74 Å². The Hall–Kier alpha value is -4.95. The third-order valence-electron chi connectivity index (χ3n) is 5.52. The van der Waals surface area contributed by atoms with Crippen LogP contribution < -0.4 is 4.74 Å². The Balaban J connectivity index is 1.43. The molecule has 9 heteroatoms. The van der Waals surface area contributed by atoms with E-state index < -0.39 is 0 Å². The van der Waals surface area contributed by atoms with Gasteiger partial charge in [-0.05, 0) is 96.6 Å². The van der Waals surface area contributed by atoms with Crippen LogP contribution in [0.15, 0.2) is 96.1 Å². The molecular formula is C29H16Cl2N6O. The zero-order valence-corrected chi connectivity index (χ0v) is 21.1. The van der Waals surface area contributed by atoms with Crippen molar-refractivity contribution >= 4 is 29.4 Å². The highest BCUT2D eigenvalue weighted by atomic mass is 35.5. The minimum absolute atomic E-state index is 0.260. The number of halogens is 2. The van der Waals surface area contributed by atoms with E-state index in [-0.39, 0.29) is 5.56 Å². The Kier molecular flexibility index (Phi) is 7.15. The van der Waals surface area contributed by atoms with E-state index in [1.807, 2.05) is 48.5 Å². The maximum atomic E-state index is 9.23. The van der Waals surface area contributed by atoms with E-state index >= 15 is 0 Å². The lowest BCUT2D eigenvalue weighted by atomic mass is 10.1. The van der Waals surface area contributed by atoms with E-state index in [0.717, 1.165) is 16.7 Å². The fourth-order valence-electron chi connectivity index (χ4n) is 3.61. The number of benzene rings is 4. The van der Waals surface area contributed by atoms with Crippen molar-refractivity contribution in [1.29, 1.82) is 10.5 Å². The third-order valence-corrected chi connectivity index (χ3v) is 6.02. The van der Waals surface area contributed by atoms with Gasteiger partial charge in [0.25, 0.3) is 0 Å². The van der Waals surface area contributed by atoms with E-state index in [0.29, 0.717) is 38.8 Å². The summed E-state index contributed by atoms with van der Waals surface area (Å²) in [6, 6.07) is 30.6. The zero-order chi connectivity index (χ0) is 26.5. The summed E-state index contributed by atoms with van der Waals surface area (Å²) in [4.78, 5) is 0. The molecule has 0 N–H and O–H groups in total. The van der Waals surface area contributed by atoms with E-state index in [9.17, 15) is 5.26 Å². The molecule has 5 rings (SSSR count).